The zero-order chi connectivity index (χ0) is 14.1. The van der Waals surface area contributed by atoms with Crippen LogP contribution in [-0.2, 0) is 13.3 Å². The maximum atomic E-state index is 5.80. The SMILES string of the molecule is CCO[Si](CN=C1CCN(C)CC1)(OCC)OCC. The van der Waals surface area contributed by atoms with E-state index in [0.717, 1.165) is 25.9 Å². The van der Waals surface area contributed by atoms with Crippen molar-refractivity contribution >= 4 is 14.5 Å². The van der Waals surface area contributed by atoms with E-state index in [1.54, 1.807) is 0 Å². The Kier molecular flexibility index (Phi) is 7.78. The van der Waals surface area contributed by atoms with E-state index in [2.05, 4.69) is 11.9 Å². The summed E-state index contributed by atoms with van der Waals surface area (Å²) < 4.78 is 17.4. The van der Waals surface area contributed by atoms with E-state index in [-0.39, 0.29) is 0 Å². The van der Waals surface area contributed by atoms with Crippen molar-refractivity contribution in [2.24, 2.45) is 4.99 Å². The summed E-state index contributed by atoms with van der Waals surface area (Å²) in [5.41, 5.74) is 1.27. The average Bonchev–Trinajstić information content (AvgIpc) is 2.39. The fourth-order valence-electron chi connectivity index (χ4n) is 2.17. The molecule has 0 bridgehead atoms. The Morgan fingerprint density at radius 1 is 1.00 bits per heavy atom. The summed E-state index contributed by atoms with van der Waals surface area (Å²) in [4.78, 5) is 7.05. The van der Waals surface area contributed by atoms with Gasteiger partial charge >= 0.3 is 8.80 Å². The van der Waals surface area contributed by atoms with E-state index in [0.29, 0.717) is 26.0 Å². The minimum absolute atomic E-state index is 0.557. The van der Waals surface area contributed by atoms with Crippen LogP contribution in [0.25, 0.3) is 0 Å². The molecule has 1 rings (SSSR count). The summed E-state index contributed by atoms with van der Waals surface area (Å²) >= 11 is 0. The largest absolute Gasteiger partial charge is 0.523 e. The molecule has 0 spiro atoms. The predicted molar refractivity (Wildman–Crippen MR) is 79.7 cm³/mol. The first-order valence-electron chi connectivity index (χ1n) is 7.28. The molecule has 1 aliphatic heterocycles. The molecule has 1 heterocycles. The van der Waals surface area contributed by atoms with Crippen LogP contribution in [0.2, 0.25) is 0 Å². The lowest BCUT2D eigenvalue weighted by Gasteiger charge is -2.28. The van der Waals surface area contributed by atoms with E-state index in [4.69, 9.17) is 18.3 Å². The lowest BCUT2D eigenvalue weighted by Crippen LogP contribution is -2.50. The van der Waals surface area contributed by atoms with Gasteiger partial charge in [0, 0.05) is 38.6 Å². The summed E-state index contributed by atoms with van der Waals surface area (Å²) in [7, 11) is -0.448. The molecular weight excluding hydrogens is 260 g/mol. The highest BCUT2D eigenvalue weighted by molar-refractivity contribution is 6.61. The number of hydrogen-bond acceptors (Lipinski definition) is 5. The van der Waals surface area contributed by atoms with Crippen LogP contribution in [0.5, 0.6) is 0 Å². The van der Waals surface area contributed by atoms with Gasteiger partial charge in [-0.05, 0) is 40.7 Å². The molecule has 1 aliphatic rings. The third-order valence-electron chi connectivity index (χ3n) is 3.15. The molecule has 1 fully saturated rings. The first kappa shape index (κ1) is 16.8. The summed E-state index contributed by atoms with van der Waals surface area (Å²) in [6.45, 7) is 9.93. The van der Waals surface area contributed by atoms with Crippen LogP contribution in [0.15, 0.2) is 4.99 Å². The van der Waals surface area contributed by atoms with Crippen molar-refractivity contribution in [3.63, 3.8) is 0 Å². The quantitative estimate of drug-likeness (QED) is 0.638. The molecule has 0 saturated carbocycles. The Balaban J connectivity index is 2.62. The normalized spacial score (nSPS) is 17.8. The van der Waals surface area contributed by atoms with Gasteiger partial charge in [0.25, 0.3) is 0 Å². The van der Waals surface area contributed by atoms with Crippen molar-refractivity contribution in [2.45, 2.75) is 33.6 Å². The van der Waals surface area contributed by atoms with E-state index in [9.17, 15) is 0 Å². The molecule has 0 amide bonds. The fraction of sp³-hybridized carbons (Fsp3) is 0.923. The molecule has 112 valence electrons. The second-order valence-electron chi connectivity index (χ2n) is 4.67. The van der Waals surface area contributed by atoms with Crippen LogP contribution in [0, 0.1) is 0 Å². The highest BCUT2D eigenvalue weighted by atomic mass is 28.4. The van der Waals surface area contributed by atoms with Crippen molar-refractivity contribution in [3.05, 3.63) is 0 Å². The standard InChI is InChI=1S/C13H28N2O3Si/c1-5-16-19(17-6-2,18-7-3)12-14-13-8-10-15(4)11-9-13/h5-12H2,1-4H3. The minimum atomic E-state index is -2.60. The second kappa shape index (κ2) is 8.81. The molecule has 0 aromatic heterocycles. The summed E-state index contributed by atoms with van der Waals surface area (Å²) in [6, 6.07) is 0. The number of hydrogen-bond donors (Lipinski definition) is 0. The number of piperidine rings is 1. The van der Waals surface area contributed by atoms with E-state index in [1.165, 1.54) is 5.71 Å². The van der Waals surface area contributed by atoms with Gasteiger partial charge in [-0.25, -0.2) is 0 Å². The Morgan fingerprint density at radius 3 is 1.89 bits per heavy atom. The number of likely N-dealkylation sites (tertiary alicyclic amines) is 1. The summed E-state index contributed by atoms with van der Waals surface area (Å²) in [5, 5.41) is 0. The van der Waals surface area contributed by atoms with Gasteiger partial charge < -0.3 is 18.2 Å². The monoisotopic (exact) mass is 288 g/mol. The van der Waals surface area contributed by atoms with E-state index >= 15 is 0 Å². The topological polar surface area (TPSA) is 43.3 Å². The first-order chi connectivity index (χ1) is 9.15. The lowest BCUT2D eigenvalue weighted by molar-refractivity contribution is 0.0729. The van der Waals surface area contributed by atoms with Crippen molar-refractivity contribution in [3.8, 4) is 0 Å². The number of aliphatic imine (C=N–C) groups is 1. The zero-order valence-corrected chi connectivity index (χ0v) is 13.8. The van der Waals surface area contributed by atoms with Gasteiger partial charge in [-0.2, -0.15) is 0 Å². The van der Waals surface area contributed by atoms with Crippen LogP contribution in [0.1, 0.15) is 33.6 Å². The summed E-state index contributed by atoms with van der Waals surface area (Å²) in [6.07, 6.45) is 2.65. The summed E-state index contributed by atoms with van der Waals surface area (Å²) in [5.74, 6) is 0. The molecule has 0 atom stereocenters. The van der Waals surface area contributed by atoms with E-state index < -0.39 is 8.80 Å². The van der Waals surface area contributed by atoms with Gasteiger partial charge in [-0.1, -0.05) is 0 Å². The smallest absolute Gasteiger partial charge is 0.373 e. The maximum absolute atomic E-state index is 5.80. The highest BCUT2D eigenvalue weighted by Gasteiger charge is 2.40. The molecule has 5 nitrogen and oxygen atoms in total. The van der Waals surface area contributed by atoms with Gasteiger partial charge in [0.15, 0.2) is 0 Å². The van der Waals surface area contributed by atoms with Gasteiger partial charge in [-0.3, -0.25) is 4.99 Å². The second-order valence-corrected chi connectivity index (χ2v) is 7.22. The Labute approximate surface area is 118 Å². The Bertz CT molecular complexity index is 260. The van der Waals surface area contributed by atoms with Gasteiger partial charge in [0.05, 0.1) is 0 Å². The molecular formula is C13H28N2O3Si. The van der Waals surface area contributed by atoms with E-state index in [1.807, 2.05) is 20.8 Å². The van der Waals surface area contributed by atoms with Crippen molar-refractivity contribution in [1.29, 1.82) is 0 Å². The van der Waals surface area contributed by atoms with Crippen LogP contribution < -0.4 is 0 Å². The van der Waals surface area contributed by atoms with Gasteiger partial charge in [-0.15, -0.1) is 0 Å². The van der Waals surface area contributed by atoms with Crippen molar-refractivity contribution < 1.29 is 13.3 Å². The molecule has 19 heavy (non-hydrogen) atoms. The molecule has 0 aliphatic carbocycles. The molecule has 0 N–H and O–H groups in total. The van der Waals surface area contributed by atoms with Gasteiger partial charge in [0.1, 0.15) is 6.17 Å². The molecule has 0 aromatic rings. The fourth-order valence-corrected chi connectivity index (χ4v) is 4.43. The zero-order valence-electron chi connectivity index (χ0n) is 12.8. The van der Waals surface area contributed by atoms with Crippen LogP contribution in [0.4, 0.5) is 0 Å². The third-order valence-corrected chi connectivity index (χ3v) is 5.88. The van der Waals surface area contributed by atoms with Gasteiger partial charge in [0.2, 0.25) is 0 Å². The average molecular weight is 288 g/mol. The maximum Gasteiger partial charge on any atom is 0.523 e. The highest BCUT2D eigenvalue weighted by Crippen LogP contribution is 2.13. The van der Waals surface area contributed by atoms with Crippen molar-refractivity contribution in [1.82, 2.24) is 4.90 Å². The lowest BCUT2D eigenvalue weighted by atomic mass is 10.1. The van der Waals surface area contributed by atoms with Crippen LogP contribution in [0.3, 0.4) is 0 Å². The molecule has 0 aromatic carbocycles. The van der Waals surface area contributed by atoms with Crippen molar-refractivity contribution in [2.75, 3.05) is 46.1 Å². The Hall–Kier alpha value is -0.273. The van der Waals surface area contributed by atoms with Crippen LogP contribution in [-0.4, -0.2) is 65.5 Å². The minimum Gasteiger partial charge on any atom is -0.373 e. The third kappa shape index (κ3) is 5.70. The molecule has 6 heteroatoms. The predicted octanol–water partition coefficient (Wildman–Crippen LogP) is 1.74. The molecule has 1 saturated heterocycles. The number of rotatable bonds is 8. The molecule has 0 radical (unpaired) electrons. The number of nitrogens with zero attached hydrogens (tertiary/aromatic N) is 2. The first-order valence-corrected chi connectivity index (χ1v) is 9.21. The Morgan fingerprint density at radius 2 is 1.47 bits per heavy atom. The molecule has 0 unspecified atom stereocenters. The van der Waals surface area contributed by atoms with Crippen LogP contribution >= 0.6 is 0 Å².